The molecule has 0 amide bonds. The first kappa shape index (κ1) is 18.2. The van der Waals surface area contributed by atoms with E-state index in [1.807, 2.05) is 12.1 Å². The van der Waals surface area contributed by atoms with Crippen molar-refractivity contribution in [1.82, 2.24) is 9.62 Å². The Balaban J connectivity index is 1.74. The fraction of sp³-hybridized carbons (Fsp3) is 0.611. The molecule has 1 heterocycles. The van der Waals surface area contributed by atoms with E-state index in [4.69, 9.17) is 5.73 Å². The highest BCUT2D eigenvalue weighted by Gasteiger charge is 2.27. The van der Waals surface area contributed by atoms with Gasteiger partial charge in [-0.25, -0.2) is 13.4 Å². The fourth-order valence-electron chi connectivity index (χ4n) is 3.63. The number of nitrogens with two attached hydrogens (primary N) is 1. The highest BCUT2D eigenvalue weighted by atomic mass is 32.2. The van der Waals surface area contributed by atoms with Gasteiger partial charge in [0.05, 0.1) is 11.4 Å². The maximum absolute atomic E-state index is 13.0. The summed E-state index contributed by atoms with van der Waals surface area (Å²) >= 11 is 0. The Morgan fingerprint density at radius 3 is 2.52 bits per heavy atom. The molecule has 3 rings (SSSR count). The van der Waals surface area contributed by atoms with E-state index in [9.17, 15) is 8.42 Å². The van der Waals surface area contributed by atoms with Crippen molar-refractivity contribution < 1.29 is 8.42 Å². The van der Waals surface area contributed by atoms with Crippen LogP contribution in [0.5, 0.6) is 0 Å². The molecule has 0 unspecified atom stereocenters. The van der Waals surface area contributed by atoms with E-state index in [0.29, 0.717) is 35.5 Å². The van der Waals surface area contributed by atoms with Crippen molar-refractivity contribution in [3.05, 3.63) is 29.8 Å². The largest absolute Gasteiger partial charge is 0.370 e. The zero-order valence-electron chi connectivity index (χ0n) is 14.7. The zero-order valence-corrected chi connectivity index (χ0v) is 15.5. The SMILES string of the molecule is NC(=NCc1ccccc1S(=O)(=O)N1CCCCC1)NC1CCCC1. The molecule has 25 heavy (non-hydrogen) atoms. The Morgan fingerprint density at radius 2 is 1.80 bits per heavy atom. The summed E-state index contributed by atoms with van der Waals surface area (Å²) in [5.41, 5.74) is 6.68. The number of rotatable bonds is 5. The van der Waals surface area contributed by atoms with Crippen molar-refractivity contribution in [2.75, 3.05) is 13.1 Å². The summed E-state index contributed by atoms with van der Waals surface area (Å²) < 4.78 is 27.5. The molecule has 6 nitrogen and oxygen atoms in total. The van der Waals surface area contributed by atoms with Crippen LogP contribution >= 0.6 is 0 Å². The van der Waals surface area contributed by atoms with Crippen LogP contribution in [0.25, 0.3) is 0 Å². The lowest BCUT2D eigenvalue weighted by Crippen LogP contribution is -2.38. The van der Waals surface area contributed by atoms with Crippen LogP contribution in [0.2, 0.25) is 0 Å². The number of guanidine groups is 1. The third-order valence-corrected chi connectivity index (χ3v) is 7.03. The molecule has 7 heteroatoms. The van der Waals surface area contributed by atoms with Gasteiger partial charge in [-0.1, -0.05) is 37.5 Å². The molecule has 3 N–H and O–H groups in total. The van der Waals surface area contributed by atoms with Crippen molar-refractivity contribution in [2.24, 2.45) is 10.7 Å². The number of nitrogens with zero attached hydrogens (tertiary/aromatic N) is 2. The van der Waals surface area contributed by atoms with Crippen LogP contribution in [-0.2, 0) is 16.6 Å². The molecular formula is C18H28N4O2S. The molecule has 1 saturated carbocycles. The molecule has 2 aliphatic rings. The Bertz CT molecular complexity index is 706. The molecule has 1 saturated heterocycles. The highest BCUT2D eigenvalue weighted by Crippen LogP contribution is 2.24. The van der Waals surface area contributed by atoms with Gasteiger partial charge in [0.2, 0.25) is 10.0 Å². The predicted molar refractivity (Wildman–Crippen MR) is 99.8 cm³/mol. The van der Waals surface area contributed by atoms with Crippen LogP contribution in [-0.4, -0.2) is 37.8 Å². The summed E-state index contributed by atoms with van der Waals surface area (Å²) in [6, 6.07) is 7.51. The normalized spacial score (nSPS) is 20.7. The number of aliphatic imine (C=N–C) groups is 1. The second kappa shape index (κ2) is 8.19. The molecule has 0 spiro atoms. The van der Waals surface area contributed by atoms with Gasteiger partial charge in [0, 0.05) is 19.1 Å². The van der Waals surface area contributed by atoms with Crippen LogP contribution in [0.15, 0.2) is 34.2 Å². The first-order valence-electron chi connectivity index (χ1n) is 9.22. The quantitative estimate of drug-likeness (QED) is 0.619. The van der Waals surface area contributed by atoms with Crippen molar-refractivity contribution in [3.8, 4) is 0 Å². The molecule has 2 fully saturated rings. The summed E-state index contributed by atoms with van der Waals surface area (Å²) in [6.45, 7) is 1.48. The summed E-state index contributed by atoms with van der Waals surface area (Å²) in [5, 5.41) is 3.24. The molecule has 0 aromatic heterocycles. The van der Waals surface area contributed by atoms with Gasteiger partial charge < -0.3 is 11.1 Å². The lowest BCUT2D eigenvalue weighted by molar-refractivity contribution is 0.346. The van der Waals surface area contributed by atoms with Gasteiger partial charge in [-0.3, -0.25) is 0 Å². The van der Waals surface area contributed by atoms with E-state index in [1.54, 1.807) is 16.4 Å². The topological polar surface area (TPSA) is 87.8 Å². The number of hydrogen-bond acceptors (Lipinski definition) is 3. The van der Waals surface area contributed by atoms with Gasteiger partial charge in [-0.15, -0.1) is 0 Å². The monoisotopic (exact) mass is 364 g/mol. The maximum atomic E-state index is 13.0. The summed E-state index contributed by atoms with van der Waals surface area (Å²) in [5.74, 6) is 0.400. The lowest BCUT2D eigenvalue weighted by Gasteiger charge is -2.26. The van der Waals surface area contributed by atoms with Gasteiger partial charge >= 0.3 is 0 Å². The molecule has 1 aliphatic carbocycles. The molecule has 138 valence electrons. The summed E-state index contributed by atoms with van der Waals surface area (Å²) in [6.07, 6.45) is 7.65. The van der Waals surface area contributed by atoms with Gasteiger partial charge in [0.15, 0.2) is 5.96 Å². The second-order valence-electron chi connectivity index (χ2n) is 6.90. The standard InChI is InChI=1S/C18H28N4O2S/c19-18(21-16-9-3-4-10-16)20-14-15-8-2-5-11-17(15)25(23,24)22-12-6-1-7-13-22/h2,5,8,11,16H,1,3-4,6-7,9-10,12-14H2,(H3,19,20,21). The van der Waals surface area contributed by atoms with Crippen LogP contribution in [0.1, 0.15) is 50.5 Å². The maximum Gasteiger partial charge on any atom is 0.243 e. The third kappa shape index (κ3) is 4.52. The highest BCUT2D eigenvalue weighted by molar-refractivity contribution is 7.89. The lowest BCUT2D eigenvalue weighted by atomic mass is 10.2. The number of benzene rings is 1. The molecule has 0 bridgehead atoms. The van der Waals surface area contributed by atoms with E-state index >= 15 is 0 Å². The fourth-order valence-corrected chi connectivity index (χ4v) is 5.36. The number of sulfonamides is 1. The van der Waals surface area contributed by atoms with E-state index in [2.05, 4.69) is 10.3 Å². The van der Waals surface area contributed by atoms with Gasteiger partial charge in [0.1, 0.15) is 0 Å². The van der Waals surface area contributed by atoms with E-state index in [0.717, 1.165) is 32.1 Å². The Kier molecular flexibility index (Phi) is 5.96. The average Bonchev–Trinajstić information content (AvgIpc) is 3.14. The smallest absolute Gasteiger partial charge is 0.243 e. The number of nitrogens with one attached hydrogen (secondary N) is 1. The van der Waals surface area contributed by atoms with Gasteiger partial charge in [-0.2, -0.15) is 4.31 Å². The summed E-state index contributed by atoms with van der Waals surface area (Å²) in [4.78, 5) is 4.73. The first-order valence-corrected chi connectivity index (χ1v) is 10.7. The Labute approximate surface area is 150 Å². The zero-order chi connectivity index (χ0) is 17.7. The van der Waals surface area contributed by atoms with Crippen LogP contribution in [0, 0.1) is 0 Å². The minimum atomic E-state index is -3.46. The minimum absolute atomic E-state index is 0.273. The van der Waals surface area contributed by atoms with E-state index in [1.165, 1.54) is 12.8 Å². The number of piperidine rings is 1. The minimum Gasteiger partial charge on any atom is -0.370 e. The summed E-state index contributed by atoms with van der Waals surface area (Å²) in [7, 11) is -3.46. The van der Waals surface area contributed by atoms with E-state index < -0.39 is 10.0 Å². The molecule has 0 atom stereocenters. The van der Waals surface area contributed by atoms with Gasteiger partial charge in [-0.05, 0) is 37.3 Å². The molecule has 0 radical (unpaired) electrons. The van der Waals surface area contributed by atoms with Crippen LogP contribution in [0.3, 0.4) is 0 Å². The van der Waals surface area contributed by atoms with Crippen molar-refractivity contribution in [2.45, 2.75) is 62.4 Å². The number of hydrogen-bond donors (Lipinski definition) is 2. The van der Waals surface area contributed by atoms with Crippen molar-refractivity contribution in [3.63, 3.8) is 0 Å². The molecule has 1 aromatic rings. The van der Waals surface area contributed by atoms with Crippen molar-refractivity contribution in [1.29, 1.82) is 0 Å². The van der Waals surface area contributed by atoms with Crippen molar-refractivity contribution >= 4 is 16.0 Å². The average molecular weight is 365 g/mol. The third-order valence-electron chi connectivity index (χ3n) is 5.03. The van der Waals surface area contributed by atoms with E-state index in [-0.39, 0.29) is 6.54 Å². The Morgan fingerprint density at radius 1 is 1.12 bits per heavy atom. The van der Waals surface area contributed by atoms with Crippen LogP contribution in [0.4, 0.5) is 0 Å². The molecule has 1 aromatic carbocycles. The predicted octanol–water partition coefficient (Wildman–Crippen LogP) is 2.21. The first-order chi connectivity index (χ1) is 12.1. The second-order valence-corrected chi connectivity index (χ2v) is 8.81. The van der Waals surface area contributed by atoms with Gasteiger partial charge in [0.25, 0.3) is 0 Å². The molecule has 1 aliphatic heterocycles. The van der Waals surface area contributed by atoms with Crippen LogP contribution < -0.4 is 11.1 Å². The molecular weight excluding hydrogens is 336 g/mol. The Hall–Kier alpha value is -1.60.